The molecule has 0 saturated heterocycles. The number of hydrogen-bond donors (Lipinski definition) is 0. The van der Waals surface area contributed by atoms with Gasteiger partial charge in [-0.25, -0.2) is 0 Å². The third kappa shape index (κ3) is 3.11. The van der Waals surface area contributed by atoms with Crippen molar-refractivity contribution in [3.05, 3.63) is 132 Å². The largest absolute Gasteiger partial charge is 0.456 e. The van der Waals surface area contributed by atoms with Crippen molar-refractivity contribution in [2.24, 2.45) is 0 Å². The van der Waals surface area contributed by atoms with Crippen LogP contribution in [0.25, 0.3) is 82.5 Å². The zero-order valence-electron chi connectivity index (χ0n) is 21.7. The molecule has 4 aromatic heterocycles. The Labute approximate surface area is 232 Å². The third-order valence-corrected chi connectivity index (χ3v) is 8.09. The van der Waals surface area contributed by atoms with E-state index >= 15 is 0 Å². The van der Waals surface area contributed by atoms with Crippen LogP contribution in [-0.4, -0.2) is 9.55 Å². The van der Waals surface area contributed by atoms with E-state index in [4.69, 9.17) is 8.83 Å². The summed E-state index contributed by atoms with van der Waals surface area (Å²) in [6.45, 7) is 0. The van der Waals surface area contributed by atoms with Crippen LogP contribution in [-0.2, 0) is 0 Å². The fourth-order valence-corrected chi connectivity index (χ4v) is 6.21. The van der Waals surface area contributed by atoms with Gasteiger partial charge in [-0.2, -0.15) is 0 Å². The van der Waals surface area contributed by atoms with Crippen LogP contribution in [0.2, 0.25) is 0 Å². The Kier molecular flexibility index (Phi) is 4.41. The number of benzene rings is 5. The van der Waals surface area contributed by atoms with Crippen LogP contribution in [0.15, 0.2) is 135 Å². The second-order valence-electron chi connectivity index (χ2n) is 10.4. The lowest BCUT2D eigenvalue weighted by Gasteiger charge is -2.11. The van der Waals surface area contributed by atoms with Crippen molar-refractivity contribution in [2.45, 2.75) is 0 Å². The summed E-state index contributed by atoms with van der Waals surface area (Å²) in [6.07, 6.45) is 3.74. The number of pyridine rings is 1. The highest BCUT2D eigenvalue weighted by molar-refractivity contribution is 6.23. The fraction of sp³-hybridized carbons (Fsp3) is 0. The second-order valence-corrected chi connectivity index (χ2v) is 10.4. The zero-order valence-corrected chi connectivity index (χ0v) is 21.7. The molecule has 5 aromatic carbocycles. The van der Waals surface area contributed by atoms with Crippen LogP contribution in [0.1, 0.15) is 0 Å². The summed E-state index contributed by atoms with van der Waals surface area (Å²) in [5, 5.41) is 5.45. The molecule has 0 N–H and O–H groups in total. The quantitative estimate of drug-likeness (QED) is 0.210. The summed E-state index contributed by atoms with van der Waals surface area (Å²) in [5.74, 6) is 0. The maximum atomic E-state index is 13.1. The smallest absolute Gasteiger partial charge is 0.200 e. The number of nitrogens with zero attached hydrogens (tertiary/aromatic N) is 2. The number of aromatic nitrogens is 2. The molecular formula is C36H20N2O3. The number of furan rings is 1. The van der Waals surface area contributed by atoms with E-state index in [0.29, 0.717) is 21.9 Å². The summed E-state index contributed by atoms with van der Waals surface area (Å²) in [6, 6.07) is 36.1. The lowest BCUT2D eigenvalue weighted by Crippen LogP contribution is -2.01. The van der Waals surface area contributed by atoms with Crippen LogP contribution >= 0.6 is 0 Å². The average molecular weight is 529 g/mol. The first-order valence-corrected chi connectivity index (χ1v) is 13.5. The van der Waals surface area contributed by atoms with E-state index in [-0.39, 0.29) is 5.43 Å². The molecule has 4 heterocycles. The van der Waals surface area contributed by atoms with E-state index in [0.717, 1.165) is 60.6 Å². The molecule has 5 heteroatoms. The first-order chi connectivity index (χ1) is 20.2. The molecule has 0 bridgehead atoms. The summed E-state index contributed by atoms with van der Waals surface area (Å²) in [5.41, 5.74) is 8.00. The van der Waals surface area contributed by atoms with Gasteiger partial charge in [0, 0.05) is 34.2 Å². The van der Waals surface area contributed by atoms with Crippen LogP contribution in [0.4, 0.5) is 0 Å². The number of hydrogen-bond acceptors (Lipinski definition) is 4. The van der Waals surface area contributed by atoms with Crippen LogP contribution in [0, 0.1) is 0 Å². The first kappa shape index (κ1) is 22.2. The van der Waals surface area contributed by atoms with E-state index in [1.807, 2.05) is 73.1 Å². The van der Waals surface area contributed by atoms with Crippen molar-refractivity contribution in [2.75, 3.05) is 0 Å². The van der Waals surface area contributed by atoms with Crippen molar-refractivity contribution < 1.29 is 8.83 Å². The standard InChI is InChI=1S/C36H20N2O3/c39-35-26-9-2-4-11-32(26)40-33-19-22(12-13-27(33)35)21-6-5-7-23(18-21)38-29-16-17-37-20-28(29)34-30(38)15-14-25-24-8-1-3-10-31(24)41-36(25)34/h1-20H. The van der Waals surface area contributed by atoms with Gasteiger partial charge < -0.3 is 13.4 Å². The van der Waals surface area contributed by atoms with Crippen molar-refractivity contribution in [3.63, 3.8) is 0 Å². The minimum Gasteiger partial charge on any atom is -0.456 e. The van der Waals surface area contributed by atoms with Gasteiger partial charge in [-0.1, -0.05) is 48.5 Å². The molecular weight excluding hydrogens is 508 g/mol. The topological polar surface area (TPSA) is 61.2 Å². The minimum atomic E-state index is -0.0158. The molecule has 192 valence electrons. The van der Waals surface area contributed by atoms with Crippen LogP contribution in [0.3, 0.4) is 0 Å². The maximum absolute atomic E-state index is 13.1. The molecule has 0 saturated carbocycles. The predicted molar refractivity (Wildman–Crippen MR) is 165 cm³/mol. The maximum Gasteiger partial charge on any atom is 0.200 e. The highest BCUT2D eigenvalue weighted by Gasteiger charge is 2.19. The van der Waals surface area contributed by atoms with Gasteiger partial charge in [0.15, 0.2) is 0 Å². The van der Waals surface area contributed by atoms with Crippen molar-refractivity contribution >= 4 is 65.7 Å². The van der Waals surface area contributed by atoms with Gasteiger partial charge in [0.05, 0.1) is 27.2 Å². The Bertz CT molecular complexity index is 2570. The lowest BCUT2D eigenvalue weighted by atomic mass is 10.0. The predicted octanol–water partition coefficient (Wildman–Crippen LogP) is 9.00. The molecule has 0 fully saturated rings. The average Bonchev–Trinajstić information content (AvgIpc) is 3.57. The molecule has 0 aliphatic heterocycles. The molecule has 9 rings (SSSR count). The van der Waals surface area contributed by atoms with E-state index in [1.54, 1.807) is 6.07 Å². The summed E-state index contributed by atoms with van der Waals surface area (Å²) in [4.78, 5) is 17.5. The molecule has 0 spiro atoms. The SMILES string of the molecule is O=c1c2ccccc2oc2cc(-c3cccc(-n4c5ccncc5c5c6oc7ccccc7c6ccc54)c3)ccc12. The van der Waals surface area contributed by atoms with Gasteiger partial charge in [0.2, 0.25) is 5.43 Å². The number of para-hydroxylation sites is 2. The van der Waals surface area contributed by atoms with Gasteiger partial charge in [0.1, 0.15) is 22.3 Å². The third-order valence-electron chi connectivity index (χ3n) is 8.09. The second kappa shape index (κ2) is 8.16. The van der Waals surface area contributed by atoms with Gasteiger partial charge in [0.25, 0.3) is 0 Å². The molecule has 0 unspecified atom stereocenters. The Morgan fingerprint density at radius 3 is 2.22 bits per heavy atom. The van der Waals surface area contributed by atoms with Gasteiger partial charge in [-0.3, -0.25) is 9.78 Å². The van der Waals surface area contributed by atoms with E-state index in [2.05, 4.69) is 52.0 Å². The van der Waals surface area contributed by atoms with Crippen molar-refractivity contribution in [1.29, 1.82) is 0 Å². The minimum absolute atomic E-state index is 0.0158. The van der Waals surface area contributed by atoms with E-state index < -0.39 is 0 Å². The molecule has 0 amide bonds. The highest BCUT2D eigenvalue weighted by Crippen LogP contribution is 2.40. The van der Waals surface area contributed by atoms with Crippen LogP contribution in [0.5, 0.6) is 0 Å². The van der Waals surface area contributed by atoms with Gasteiger partial charge in [-0.15, -0.1) is 0 Å². The molecule has 0 radical (unpaired) electrons. The van der Waals surface area contributed by atoms with E-state index in [1.165, 1.54) is 0 Å². The molecule has 0 aliphatic rings. The molecule has 0 aliphatic carbocycles. The zero-order chi connectivity index (χ0) is 27.1. The number of fused-ring (bicyclic) bond motifs is 9. The van der Waals surface area contributed by atoms with Crippen molar-refractivity contribution in [3.8, 4) is 16.8 Å². The fourth-order valence-electron chi connectivity index (χ4n) is 6.21. The Hall–Kier alpha value is -5.68. The van der Waals surface area contributed by atoms with E-state index in [9.17, 15) is 4.79 Å². The first-order valence-electron chi connectivity index (χ1n) is 13.5. The van der Waals surface area contributed by atoms with Gasteiger partial charge in [-0.05, 0) is 71.8 Å². The lowest BCUT2D eigenvalue weighted by molar-refractivity contribution is 0.660. The molecule has 5 nitrogen and oxygen atoms in total. The Morgan fingerprint density at radius 2 is 1.32 bits per heavy atom. The summed E-state index contributed by atoms with van der Waals surface area (Å²) in [7, 11) is 0. The monoisotopic (exact) mass is 528 g/mol. The Balaban J connectivity index is 1.28. The normalized spacial score (nSPS) is 12.0. The van der Waals surface area contributed by atoms with Crippen LogP contribution < -0.4 is 5.43 Å². The number of rotatable bonds is 2. The Morgan fingerprint density at radius 1 is 0.561 bits per heavy atom. The summed E-state index contributed by atoms with van der Waals surface area (Å²) < 4.78 is 14.8. The highest BCUT2D eigenvalue weighted by atomic mass is 16.3. The molecule has 9 aromatic rings. The summed E-state index contributed by atoms with van der Waals surface area (Å²) >= 11 is 0. The van der Waals surface area contributed by atoms with Crippen molar-refractivity contribution in [1.82, 2.24) is 9.55 Å². The van der Waals surface area contributed by atoms with Gasteiger partial charge >= 0.3 is 0 Å². The molecule has 41 heavy (non-hydrogen) atoms. The molecule has 0 atom stereocenters.